The summed E-state index contributed by atoms with van der Waals surface area (Å²) >= 11 is 5.53. The van der Waals surface area contributed by atoms with E-state index in [9.17, 15) is 0 Å². The van der Waals surface area contributed by atoms with Gasteiger partial charge in [0.05, 0.1) is 13.2 Å². The van der Waals surface area contributed by atoms with Crippen LogP contribution in [-0.2, 0) is 4.74 Å². The summed E-state index contributed by atoms with van der Waals surface area (Å²) in [6.07, 6.45) is 1.09. The predicted octanol–water partition coefficient (Wildman–Crippen LogP) is 2.87. The molecule has 0 amide bonds. The molecule has 0 atom stereocenters. The number of hydrogen-bond acceptors (Lipinski definition) is 3. The fraction of sp³-hybridized carbons (Fsp3) is 0.421. The molecule has 0 spiro atoms. The van der Waals surface area contributed by atoms with E-state index in [0.29, 0.717) is 0 Å². The Kier molecular flexibility index (Phi) is 6.01. The van der Waals surface area contributed by atoms with Crippen LogP contribution in [0.1, 0.15) is 6.42 Å². The van der Waals surface area contributed by atoms with E-state index in [2.05, 4.69) is 52.7 Å². The van der Waals surface area contributed by atoms with Crippen LogP contribution in [0.15, 0.2) is 42.5 Å². The van der Waals surface area contributed by atoms with Gasteiger partial charge in [0, 0.05) is 32.4 Å². The van der Waals surface area contributed by atoms with E-state index in [-0.39, 0.29) is 0 Å². The topological polar surface area (TPSA) is 27.7 Å². The summed E-state index contributed by atoms with van der Waals surface area (Å²) in [5.74, 6) is 0. The van der Waals surface area contributed by atoms with E-state index < -0.39 is 0 Å². The molecule has 1 saturated heterocycles. The van der Waals surface area contributed by atoms with E-state index >= 15 is 0 Å². The molecule has 4 nitrogen and oxygen atoms in total. The molecular formula is C19H25N3OS. The summed E-state index contributed by atoms with van der Waals surface area (Å²) in [4.78, 5) is 4.48. The van der Waals surface area contributed by atoms with Gasteiger partial charge in [-0.25, -0.2) is 0 Å². The largest absolute Gasteiger partial charge is 0.379 e. The second-order valence-electron chi connectivity index (χ2n) is 6.13. The number of rotatable bonds is 5. The molecule has 0 saturated carbocycles. The van der Waals surface area contributed by atoms with Crippen molar-refractivity contribution in [2.24, 2.45) is 0 Å². The van der Waals surface area contributed by atoms with E-state index in [1.807, 2.05) is 11.9 Å². The summed E-state index contributed by atoms with van der Waals surface area (Å²) in [7, 11) is 2.02. The Hall–Kier alpha value is -1.69. The monoisotopic (exact) mass is 343 g/mol. The standard InChI is InChI=1S/C19H25N3OS/c1-21(18-8-7-16-5-2-3-6-17(16)15-18)19(24)20-9-4-10-22-11-13-23-14-12-22/h2-3,5-8,15H,4,9-14H2,1H3,(H,20,24). The second-order valence-corrected chi connectivity index (χ2v) is 6.52. The first-order chi connectivity index (χ1) is 11.7. The molecular weight excluding hydrogens is 318 g/mol. The van der Waals surface area contributed by atoms with E-state index in [1.54, 1.807) is 0 Å². The van der Waals surface area contributed by atoms with Crippen molar-refractivity contribution in [1.82, 2.24) is 10.2 Å². The molecule has 1 fully saturated rings. The van der Waals surface area contributed by atoms with Gasteiger partial charge in [0.1, 0.15) is 0 Å². The highest BCUT2D eigenvalue weighted by Gasteiger charge is 2.10. The maximum atomic E-state index is 5.53. The zero-order chi connectivity index (χ0) is 16.8. The normalized spacial score (nSPS) is 15.4. The molecule has 1 aliphatic heterocycles. The zero-order valence-electron chi connectivity index (χ0n) is 14.2. The number of thiocarbonyl (C=S) groups is 1. The summed E-state index contributed by atoms with van der Waals surface area (Å²) < 4.78 is 5.37. The lowest BCUT2D eigenvalue weighted by Crippen LogP contribution is -2.40. The van der Waals surface area contributed by atoms with Gasteiger partial charge in [-0.1, -0.05) is 30.3 Å². The molecule has 0 radical (unpaired) electrons. The fourth-order valence-corrected chi connectivity index (χ4v) is 3.15. The summed E-state index contributed by atoms with van der Waals surface area (Å²) in [5, 5.41) is 6.62. The van der Waals surface area contributed by atoms with Gasteiger partial charge in [-0.15, -0.1) is 0 Å². The van der Waals surface area contributed by atoms with Crippen molar-refractivity contribution in [3.05, 3.63) is 42.5 Å². The van der Waals surface area contributed by atoms with Crippen LogP contribution < -0.4 is 10.2 Å². The molecule has 2 aromatic carbocycles. The predicted molar refractivity (Wildman–Crippen MR) is 105 cm³/mol. The van der Waals surface area contributed by atoms with Crippen LogP contribution in [0.3, 0.4) is 0 Å². The smallest absolute Gasteiger partial charge is 0.173 e. The van der Waals surface area contributed by atoms with Crippen molar-refractivity contribution >= 4 is 33.8 Å². The number of anilines is 1. The van der Waals surface area contributed by atoms with Crippen LogP contribution in [0.25, 0.3) is 10.8 Å². The molecule has 0 bridgehead atoms. The number of ether oxygens (including phenoxy) is 1. The number of morpholine rings is 1. The first-order valence-corrected chi connectivity index (χ1v) is 8.95. The number of hydrogen-bond donors (Lipinski definition) is 1. The molecule has 1 N–H and O–H groups in total. The van der Waals surface area contributed by atoms with E-state index in [4.69, 9.17) is 17.0 Å². The Balaban J connectivity index is 1.48. The van der Waals surface area contributed by atoms with Crippen molar-refractivity contribution in [2.75, 3.05) is 51.3 Å². The minimum Gasteiger partial charge on any atom is -0.379 e. The van der Waals surface area contributed by atoms with Crippen LogP contribution >= 0.6 is 12.2 Å². The summed E-state index contributed by atoms with van der Waals surface area (Å²) in [6, 6.07) is 14.8. The second kappa shape index (κ2) is 8.42. The third-order valence-electron chi connectivity index (χ3n) is 4.46. The van der Waals surface area contributed by atoms with Gasteiger partial charge in [-0.05, 0) is 48.1 Å². The Morgan fingerprint density at radius 3 is 2.71 bits per heavy atom. The molecule has 128 valence electrons. The van der Waals surface area contributed by atoms with E-state index in [1.165, 1.54) is 10.8 Å². The molecule has 0 unspecified atom stereocenters. The van der Waals surface area contributed by atoms with E-state index in [0.717, 1.165) is 56.6 Å². The number of nitrogens with one attached hydrogen (secondary N) is 1. The minimum atomic E-state index is 0.771. The molecule has 1 heterocycles. The Bertz CT molecular complexity index is 685. The van der Waals surface area contributed by atoms with Gasteiger partial charge in [-0.2, -0.15) is 0 Å². The first kappa shape index (κ1) is 17.1. The molecule has 1 aliphatic rings. The van der Waals surface area contributed by atoms with Gasteiger partial charge in [0.25, 0.3) is 0 Å². The highest BCUT2D eigenvalue weighted by atomic mass is 32.1. The zero-order valence-corrected chi connectivity index (χ0v) is 15.0. The van der Waals surface area contributed by atoms with Gasteiger partial charge < -0.3 is 15.0 Å². The van der Waals surface area contributed by atoms with Crippen LogP contribution in [0.4, 0.5) is 5.69 Å². The van der Waals surface area contributed by atoms with Crippen LogP contribution in [0.2, 0.25) is 0 Å². The fourth-order valence-electron chi connectivity index (χ4n) is 2.94. The van der Waals surface area contributed by atoms with Crippen molar-refractivity contribution in [2.45, 2.75) is 6.42 Å². The lowest BCUT2D eigenvalue weighted by atomic mass is 10.1. The summed E-state index contributed by atoms with van der Waals surface area (Å²) in [5.41, 5.74) is 1.11. The Morgan fingerprint density at radius 2 is 1.92 bits per heavy atom. The third-order valence-corrected chi connectivity index (χ3v) is 4.87. The average molecular weight is 343 g/mol. The lowest BCUT2D eigenvalue weighted by molar-refractivity contribution is 0.0376. The summed E-state index contributed by atoms with van der Waals surface area (Å²) in [6.45, 7) is 5.79. The third kappa shape index (κ3) is 4.44. The van der Waals surface area contributed by atoms with Crippen molar-refractivity contribution in [3.63, 3.8) is 0 Å². The number of benzene rings is 2. The molecule has 0 aliphatic carbocycles. The Morgan fingerprint density at radius 1 is 1.17 bits per heavy atom. The minimum absolute atomic E-state index is 0.771. The van der Waals surface area contributed by atoms with Crippen LogP contribution in [0, 0.1) is 0 Å². The molecule has 2 aromatic rings. The molecule has 5 heteroatoms. The van der Waals surface area contributed by atoms with Gasteiger partial charge in [0.2, 0.25) is 0 Å². The van der Waals surface area contributed by atoms with Crippen molar-refractivity contribution < 1.29 is 4.74 Å². The number of nitrogens with zero attached hydrogens (tertiary/aromatic N) is 2. The molecule has 3 rings (SSSR count). The quantitative estimate of drug-likeness (QED) is 0.666. The maximum Gasteiger partial charge on any atom is 0.173 e. The number of fused-ring (bicyclic) bond motifs is 1. The highest BCUT2D eigenvalue weighted by molar-refractivity contribution is 7.80. The SMILES string of the molecule is CN(C(=S)NCCCN1CCOCC1)c1ccc2ccccc2c1. The van der Waals surface area contributed by atoms with Crippen LogP contribution in [-0.4, -0.2) is 56.5 Å². The van der Waals surface area contributed by atoms with Crippen LogP contribution in [0.5, 0.6) is 0 Å². The van der Waals surface area contributed by atoms with Gasteiger partial charge >= 0.3 is 0 Å². The van der Waals surface area contributed by atoms with Gasteiger partial charge in [-0.3, -0.25) is 4.90 Å². The molecule has 24 heavy (non-hydrogen) atoms. The highest BCUT2D eigenvalue weighted by Crippen LogP contribution is 2.21. The van der Waals surface area contributed by atoms with Gasteiger partial charge in [0.15, 0.2) is 5.11 Å². The average Bonchev–Trinajstić information content (AvgIpc) is 2.65. The lowest BCUT2D eigenvalue weighted by Gasteiger charge is -2.27. The Labute approximate surface area is 149 Å². The first-order valence-electron chi connectivity index (χ1n) is 8.54. The molecule has 0 aromatic heterocycles. The maximum absolute atomic E-state index is 5.53. The van der Waals surface area contributed by atoms with Crippen molar-refractivity contribution in [1.29, 1.82) is 0 Å². The van der Waals surface area contributed by atoms with Crippen molar-refractivity contribution in [3.8, 4) is 0 Å².